The van der Waals surface area contributed by atoms with E-state index in [1.54, 1.807) is 13.2 Å². The van der Waals surface area contributed by atoms with Crippen molar-refractivity contribution in [1.82, 2.24) is 14.3 Å². The molecule has 0 bridgehead atoms. The molecule has 7 heteroatoms. The molecule has 3 aromatic rings. The minimum absolute atomic E-state index is 0.00408. The van der Waals surface area contributed by atoms with Crippen LogP contribution in [0.3, 0.4) is 0 Å². The zero-order valence-corrected chi connectivity index (χ0v) is 17.1. The molecule has 6 nitrogen and oxygen atoms in total. The number of carbonyl (C=O) groups excluding carboxylic acids is 2. The maximum Gasteiger partial charge on any atom is 0.243 e. The normalized spacial score (nSPS) is 12.0. The maximum atomic E-state index is 12.7. The van der Waals surface area contributed by atoms with Crippen LogP contribution in [0.2, 0.25) is 0 Å². The largest absolute Gasteiger partial charge is 0.335 e. The van der Waals surface area contributed by atoms with Gasteiger partial charge < -0.3 is 10.2 Å². The van der Waals surface area contributed by atoms with Crippen LogP contribution in [-0.2, 0) is 16.0 Å². The van der Waals surface area contributed by atoms with Gasteiger partial charge in [0.1, 0.15) is 0 Å². The zero-order chi connectivity index (χ0) is 20.1. The van der Waals surface area contributed by atoms with Gasteiger partial charge in [-0.05, 0) is 37.1 Å². The van der Waals surface area contributed by atoms with Gasteiger partial charge in [-0.15, -0.1) is 0 Å². The molecule has 0 fully saturated rings. The highest BCUT2D eigenvalue weighted by Crippen LogP contribution is 2.24. The van der Waals surface area contributed by atoms with Crippen molar-refractivity contribution in [2.75, 3.05) is 18.9 Å². The van der Waals surface area contributed by atoms with Crippen LogP contribution in [0.4, 0.5) is 5.69 Å². The molecule has 0 radical (unpaired) electrons. The summed E-state index contributed by atoms with van der Waals surface area (Å²) in [5.74, 6) is -0.322. The van der Waals surface area contributed by atoms with Gasteiger partial charge in [0.15, 0.2) is 5.16 Å². The molecule has 28 heavy (non-hydrogen) atoms. The minimum atomic E-state index is -0.355. The van der Waals surface area contributed by atoms with Gasteiger partial charge >= 0.3 is 0 Å². The van der Waals surface area contributed by atoms with E-state index in [2.05, 4.69) is 10.3 Å². The fourth-order valence-electron chi connectivity index (χ4n) is 2.96. The van der Waals surface area contributed by atoms with Crippen molar-refractivity contribution >= 4 is 34.8 Å². The molecule has 0 aliphatic heterocycles. The Balaban J connectivity index is 1.59. The van der Waals surface area contributed by atoms with Crippen molar-refractivity contribution in [2.24, 2.45) is 0 Å². The molecule has 1 unspecified atom stereocenters. The first-order chi connectivity index (χ1) is 13.5. The monoisotopic (exact) mass is 396 g/mol. The summed E-state index contributed by atoms with van der Waals surface area (Å²) >= 11 is 1.38. The van der Waals surface area contributed by atoms with E-state index in [0.717, 1.165) is 28.3 Å². The number of aryl methyl sites for hydroxylation is 1. The molecule has 1 N–H and O–H groups in total. The number of hydrogen-bond donors (Lipinski definition) is 1. The smallest absolute Gasteiger partial charge is 0.243 e. The summed E-state index contributed by atoms with van der Waals surface area (Å²) in [7, 11) is 1.65. The summed E-state index contributed by atoms with van der Waals surface area (Å²) in [6.07, 6.45) is 4.53. The lowest BCUT2D eigenvalue weighted by atomic mass is 10.1. The number of benzene rings is 1. The van der Waals surface area contributed by atoms with E-state index >= 15 is 0 Å². The molecule has 2 amide bonds. The average Bonchev–Trinajstić information content (AvgIpc) is 3.10. The lowest BCUT2D eigenvalue weighted by Gasteiger charge is -2.20. The predicted octanol–water partition coefficient (Wildman–Crippen LogP) is 3.47. The number of amides is 2. The molecule has 2 aromatic heterocycles. The third-order valence-corrected chi connectivity index (χ3v) is 5.53. The number of para-hydroxylation sites is 1. The molecule has 1 atom stereocenters. The van der Waals surface area contributed by atoms with Crippen molar-refractivity contribution < 1.29 is 9.59 Å². The van der Waals surface area contributed by atoms with Crippen molar-refractivity contribution in [3.8, 4) is 0 Å². The van der Waals surface area contributed by atoms with Gasteiger partial charge in [0.05, 0.1) is 23.5 Å². The van der Waals surface area contributed by atoms with Gasteiger partial charge in [-0.1, -0.05) is 43.0 Å². The maximum absolute atomic E-state index is 12.7. The molecular weight excluding hydrogens is 372 g/mol. The third-order valence-electron chi connectivity index (χ3n) is 4.46. The van der Waals surface area contributed by atoms with Gasteiger partial charge in [-0.25, -0.2) is 4.98 Å². The molecular formula is C21H24N4O2S. The van der Waals surface area contributed by atoms with Gasteiger partial charge in [0.2, 0.25) is 11.8 Å². The lowest BCUT2D eigenvalue weighted by Crippen LogP contribution is -2.39. The number of anilines is 1. The van der Waals surface area contributed by atoms with Crippen LogP contribution in [-0.4, -0.2) is 44.9 Å². The number of likely N-dealkylation sites (N-methyl/N-ethyl adjacent to an activating group) is 1. The van der Waals surface area contributed by atoms with Crippen LogP contribution < -0.4 is 5.32 Å². The number of hydrogen-bond acceptors (Lipinski definition) is 4. The molecule has 3 rings (SSSR count). The zero-order valence-electron chi connectivity index (χ0n) is 16.3. The molecule has 0 saturated carbocycles. The quantitative estimate of drug-likeness (QED) is 0.621. The first-order valence-electron chi connectivity index (χ1n) is 9.21. The summed E-state index contributed by atoms with van der Waals surface area (Å²) in [5, 5.41) is 3.30. The predicted molar refractivity (Wildman–Crippen MR) is 113 cm³/mol. The third kappa shape index (κ3) is 4.54. The number of thioether (sulfide) groups is 1. The second-order valence-electron chi connectivity index (χ2n) is 6.55. The van der Waals surface area contributed by atoms with E-state index in [9.17, 15) is 9.59 Å². The Bertz CT molecular complexity index is 985. The van der Waals surface area contributed by atoms with Crippen LogP contribution >= 0.6 is 11.8 Å². The van der Waals surface area contributed by atoms with E-state index in [1.807, 2.05) is 66.9 Å². The molecule has 1 aromatic carbocycles. The van der Waals surface area contributed by atoms with Crippen molar-refractivity contribution in [1.29, 1.82) is 0 Å². The van der Waals surface area contributed by atoms with E-state index in [0.29, 0.717) is 0 Å². The fraction of sp³-hybridized carbons (Fsp3) is 0.286. The van der Waals surface area contributed by atoms with Gasteiger partial charge in [-0.2, -0.15) is 0 Å². The molecule has 0 saturated heterocycles. The Labute approximate surface area is 169 Å². The minimum Gasteiger partial charge on any atom is -0.335 e. The first kappa shape index (κ1) is 19.9. The number of carbonyl (C=O) groups is 2. The Hall–Kier alpha value is -2.80. The number of pyridine rings is 1. The highest BCUT2D eigenvalue weighted by Gasteiger charge is 2.22. The molecule has 0 spiro atoms. The SMILES string of the molecule is CCc1ccccc1NC(=O)CN(C)C(=O)C(C)Sc1ncc2ccccn12. The van der Waals surface area contributed by atoms with Crippen LogP contribution in [0.25, 0.3) is 5.52 Å². The summed E-state index contributed by atoms with van der Waals surface area (Å²) < 4.78 is 1.95. The number of rotatable bonds is 7. The van der Waals surface area contributed by atoms with E-state index < -0.39 is 0 Å². The van der Waals surface area contributed by atoms with E-state index in [-0.39, 0.29) is 23.6 Å². The fourth-order valence-corrected chi connectivity index (χ4v) is 3.95. The second kappa shape index (κ2) is 8.93. The first-order valence-corrected chi connectivity index (χ1v) is 10.1. The standard InChI is InChI=1S/C21H24N4O2S/c1-4-16-9-5-6-11-18(16)23-19(26)14-24(3)20(27)15(2)28-21-22-13-17-10-7-8-12-25(17)21/h5-13,15H,4,14H2,1-3H3,(H,23,26). The number of nitrogens with zero attached hydrogens (tertiary/aromatic N) is 3. The Morgan fingerprint density at radius 2 is 1.96 bits per heavy atom. The Kier molecular flexibility index (Phi) is 6.36. The summed E-state index contributed by atoms with van der Waals surface area (Å²) in [4.78, 5) is 30.9. The summed E-state index contributed by atoms with van der Waals surface area (Å²) in [6, 6.07) is 13.5. The highest BCUT2D eigenvalue weighted by molar-refractivity contribution is 8.00. The van der Waals surface area contributed by atoms with Crippen molar-refractivity contribution in [3.63, 3.8) is 0 Å². The molecule has 0 aliphatic rings. The lowest BCUT2D eigenvalue weighted by molar-refractivity contribution is -0.132. The number of nitrogens with one attached hydrogen (secondary N) is 1. The van der Waals surface area contributed by atoms with Crippen molar-refractivity contribution in [2.45, 2.75) is 30.7 Å². The summed E-state index contributed by atoms with van der Waals surface area (Å²) in [5.41, 5.74) is 2.84. The Morgan fingerprint density at radius 3 is 2.75 bits per heavy atom. The molecule has 2 heterocycles. The number of fused-ring (bicyclic) bond motifs is 1. The average molecular weight is 397 g/mol. The van der Waals surface area contributed by atoms with E-state index in [1.165, 1.54) is 16.7 Å². The Morgan fingerprint density at radius 1 is 1.21 bits per heavy atom. The van der Waals surface area contributed by atoms with E-state index in [4.69, 9.17) is 0 Å². The number of imidazole rings is 1. The topological polar surface area (TPSA) is 66.7 Å². The van der Waals surface area contributed by atoms with Crippen LogP contribution in [0, 0.1) is 0 Å². The highest BCUT2D eigenvalue weighted by atomic mass is 32.2. The van der Waals surface area contributed by atoms with Gasteiger partial charge in [0.25, 0.3) is 0 Å². The van der Waals surface area contributed by atoms with Crippen LogP contribution in [0.1, 0.15) is 19.4 Å². The number of aromatic nitrogens is 2. The molecule has 146 valence electrons. The van der Waals surface area contributed by atoms with Gasteiger partial charge in [0, 0.05) is 18.9 Å². The van der Waals surface area contributed by atoms with Crippen molar-refractivity contribution in [3.05, 3.63) is 60.4 Å². The van der Waals surface area contributed by atoms with Gasteiger partial charge in [-0.3, -0.25) is 14.0 Å². The van der Waals surface area contributed by atoms with Crippen LogP contribution in [0.5, 0.6) is 0 Å². The van der Waals surface area contributed by atoms with Crippen LogP contribution in [0.15, 0.2) is 60.0 Å². The second-order valence-corrected chi connectivity index (χ2v) is 7.86. The molecule has 0 aliphatic carbocycles. The summed E-state index contributed by atoms with van der Waals surface area (Å²) in [6.45, 7) is 3.88.